The number of amides is 1. The Kier molecular flexibility index (Phi) is 3.15. The fourth-order valence-electron chi connectivity index (χ4n) is 3.86. The molecule has 2 aromatic carbocycles. The number of carbonyl (C=O) groups excluding carboxylic acids is 1. The molecule has 2 heterocycles. The van der Waals surface area contributed by atoms with Gasteiger partial charge in [-0.25, -0.2) is 0 Å². The van der Waals surface area contributed by atoms with Gasteiger partial charge in [0.05, 0.1) is 0 Å². The van der Waals surface area contributed by atoms with Crippen molar-refractivity contribution < 1.29 is 4.79 Å². The van der Waals surface area contributed by atoms with Gasteiger partial charge < -0.3 is 10.2 Å². The molecule has 2 unspecified atom stereocenters. The van der Waals surface area contributed by atoms with E-state index in [0.29, 0.717) is 12.1 Å². The summed E-state index contributed by atoms with van der Waals surface area (Å²) >= 11 is 0. The van der Waals surface area contributed by atoms with Crippen molar-refractivity contribution in [1.82, 2.24) is 10.2 Å². The van der Waals surface area contributed by atoms with Gasteiger partial charge in [0.25, 0.3) is 5.91 Å². The summed E-state index contributed by atoms with van der Waals surface area (Å²) in [6.07, 6.45) is 3.37. The van der Waals surface area contributed by atoms with Gasteiger partial charge in [0, 0.05) is 24.2 Å². The van der Waals surface area contributed by atoms with Crippen molar-refractivity contribution >= 4 is 16.7 Å². The summed E-state index contributed by atoms with van der Waals surface area (Å²) in [5.41, 5.74) is 0.854. The molecule has 0 aliphatic carbocycles. The maximum atomic E-state index is 13.1. The molecular weight excluding hydrogens is 260 g/mol. The number of hydrogen-bond donors (Lipinski definition) is 1. The highest BCUT2D eigenvalue weighted by Crippen LogP contribution is 2.31. The SMILES string of the molecule is O=C(c1cccc2ccccc12)N1C2CCNCC1CC2. The number of carbonyl (C=O) groups is 1. The minimum atomic E-state index is 0.211. The van der Waals surface area contributed by atoms with Gasteiger partial charge in [-0.2, -0.15) is 0 Å². The molecule has 1 N–H and O–H groups in total. The second-order valence-corrected chi connectivity index (χ2v) is 6.12. The highest BCUT2D eigenvalue weighted by molar-refractivity contribution is 6.07. The van der Waals surface area contributed by atoms with Crippen molar-refractivity contribution in [3.63, 3.8) is 0 Å². The summed E-state index contributed by atoms with van der Waals surface area (Å²) in [5, 5.41) is 5.67. The molecule has 2 saturated heterocycles. The van der Waals surface area contributed by atoms with Crippen LogP contribution in [0.3, 0.4) is 0 Å². The Morgan fingerprint density at radius 1 is 1.00 bits per heavy atom. The van der Waals surface area contributed by atoms with Crippen LogP contribution in [0.5, 0.6) is 0 Å². The van der Waals surface area contributed by atoms with E-state index in [2.05, 4.69) is 28.4 Å². The third-order valence-corrected chi connectivity index (χ3v) is 4.91. The highest BCUT2D eigenvalue weighted by Gasteiger charge is 2.38. The fourth-order valence-corrected chi connectivity index (χ4v) is 3.86. The van der Waals surface area contributed by atoms with Gasteiger partial charge in [-0.3, -0.25) is 4.79 Å². The summed E-state index contributed by atoms with van der Waals surface area (Å²) in [6, 6.07) is 15.0. The summed E-state index contributed by atoms with van der Waals surface area (Å²) in [6.45, 7) is 1.97. The van der Waals surface area contributed by atoms with Gasteiger partial charge in [0.1, 0.15) is 0 Å². The molecule has 21 heavy (non-hydrogen) atoms. The van der Waals surface area contributed by atoms with Crippen LogP contribution in [0, 0.1) is 0 Å². The third kappa shape index (κ3) is 2.12. The van der Waals surface area contributed by atoms with Crippen LogP contribution in [0.25, 0.3) is 10.8 Å². The predicted molar refractivity (Wildman–Crippen MR) is 84.4 cm³/mol. The molecule has 0 aromatic heterocycles. The quantitative estimate of drug-likeness (QED) is 0.871. The zero-order valence-corrected chi connectivity index (χ0v) is 12.1. The van der Waals surface area contributed by atoms with E-state index in [1.165, 1.54) is 0 Å². The molecule has 3 nitrogen and oxygen atoms in total. The molecule has 0 spiro atoms. The van der Waals surface area contributed by atoms with E-state index in [9.17, 15) is 4.79 Å². The van der Waals surface area contributed by atoms with E-state index in [0.717, 1.165) is 48.7 Å². The molecule has 2 aliphatic heterocycles. The van der Waals surface area contributed by atoms with Crippen LogP contribution in [0.2, 0.25) is 0 Å². The number of nitrogens with one attached hydrogen (secondary N) is 1. The van der Waals surface area contributed by atoms with Crippen LogP contribution in [0.15, 0.2) is 42.5 Å². The van der Waals surface area contributed by atoms with Crippen molar-refractivity contribution in [1.29, 1.82) is 0 Å². The number of benzene rings is 2. The van der Waals surface area contributed by atoms with E-state index < -0.39 is 0 Å². The van der Waals surface area contributed by atoms with E-state index in [1.807, 2.05) is 24.3 Å². The lowest BCUT2D eigenvalue weighted by Gasteiger charge is -2.28. The molecule has 2 fully saturated rings. The maximum Gasteiger partial charge on any atom is 0.255 e. The predicted octanol–water partition coefficient (Wildman–Crippen LogP) is 2.81. The molecule has 108 valence electrons. The highest BCUT2D eigenvalue weighted by atomic mass is 16.2. The van der Waals surface area contributed by atoms with Gasteiger partial charge in [0.15, 0.2) is 0 Å². The van der Waals surface area contributed by atoms with Crippen molar-refractivity contribution in [2.45, 2.75) is 31.3 Å². The van der Waals surface area contributed by atoms with Crippen LogP contribution >= 0.6 is 0 Å². The maximum absolute atomic E-state index is 13.1. The van der Waals surface area contributed by atoms with Crippen LogP contribution in [-0.2, 0) is 0 Å². The molecule has 2 aromatic rings. The lowest BCUT2D eigenvalue weighted by Crippen LogP contribution is -2.42. The molecule has 2 aliphatic rings. The van der Waals surface area contributed by atoms with Crippen LogP contribution in [0.4, 0.5) is 0 Å². The van der Waals surface area contributed by atoms with Crippen molar-refractivity contribution in [2.24, 2.45) is 0 Å². The van der Waals surface area contributed by atoms with Gasteiger partial charge in [-0.05, 0) is 42.6 Å². The van der Waals surface area contributed by atoms with Crippen LogP contribution < -0.4 is 5.32 Å². The molecule has 1 amide bonds. The molecule has 3 heteroatoms. The Bertz CT molecular complexity index is 662. The molecule has 2 atom stereocenters. The first kappa shape index (κ1) is 12.8. The van der Waals surface area contributed by atoms with Crippen molar-refractivity contribution in [2.75, 3.05) is 13.1 Å². The monoisotopic (exact) mass is 280 g/mol. The molecule has 0 radical (unpaired) electrons. The Balaban J connectivity index is 1.76. The van der Waals surface area contributed by atoms with E-state index in [4.69, 9.17) is 0 Å². The van der Waals surface area contributed by atoms with E-state index in [1.54, 1.807) is 0 Å². The molecule has 2 bridgehead atoms. The summed E-state index contributed by atoms with van der Waals surface area (Å²) in [5.74, 6) is 0.211. The Hall–Kier alpha value is -1.87. The molecule has 0 saturated carbocycles. The average Bonchev–Trinajstić information content (AvgIpc) is 2.79. The number of nitrogens with zero attached hydrogens (tertiary/aromatic N) is 1. The number of fused-ring (bicyclic) bond motifs is 3. The molecule has 4 rings (SSSR count). The van der Waals surface area contributed by atoms with E-state index in [-0.39, 0.29) is 5.91 Å². The standard InChI is InChI=1S/C18H20N2O/c21-18(20-14-8-9-15(20)12-19-11-10-14)17-7-3-5-13-4-1-2-6-16(13)17/h1-7,14-15,19H,8-12H2. The Morgan fingerprint density at radius 3 is 2.76 bits per heavy atom. The largest absolute Gasteiger partial charge is 0.331 e. The first-order valence-corrected chi connectivity index (χ1v) is 7.86. The summed E-state index contributed by atoms with van der Waals surface area (Å²) in [4.78, 5) is 15.3. The minimum Gasteiger partial charge on any atom is -0.331 e. The third-order valence-electron chi connectivity index (χ3n) is 4.91. The van der Waals surface area contributed by atoms with Crippen LogP contribution in [0.1, 0.15) is 29.6 Å². The van der Waals surface area contributed by atoms with Gasteiger partial charge in [0.2, 0.25) is 0 Å². The number of rotatable bonds is 1. The van der Waals surface area contributed by atoms with Gasteiger partial charge in [-0.15, -0.1) is 0 Å². The average molecular weight is 280 g/mol. The lowest BCUT2D eigenvalue weighted by atomic mass is 10.0. The van der Waals surface area contributed by atoms with Gasteiger partial charge in [-0.1, -0.05) is 36.4 Å². The summed E-state index contributed by atoms with van der Waals surface area (Å²) in [7, 11) is 0. The second kappa shape index (κ2) is 5.15. The van der Waals surface area contributed by atoms with Gasteiger partial charge >= 0.3 is 0 Å². The lowest BCUT2D eigenvalue weighted by molar-refractivity contribution is 0.0682. The topological polar surface area (TPSA) is 32.3 Å². The summed E-state index contributed by atoms with van der Waals surface area (Å²) < 4.78 is 0. The number of hydrogen-bond acceptors (Lipinski definition) is 2. The van der Waals surface area contributed by atoms with E-state index >= 15 is 0 Å². The normalized spacial score (nSPS) is 25.0. The first-order chi connectivity index (χ1) is 10.3. The minimum absolute atomic E-state index is 0.211. The molecular formula is C18H20N2O. The zero-order valence-electron chi connectivity index (χ0n) is 12.1. The zero-order chi connectivity index (χ0) is 14.2. The van der Waals surface area contributed by atoms with Crippen LogP contribution in [-0.4, -0.2) is 36.0 Å². The Labute approximate surface area is 124 Å². The second-order valence-electron chi connectivity index (χ2n) is 6.12. The first-order valence-electron chi connectivity index (χ1n) is 7.86. The van der Waals surface area contributed by atoms with Crippen molar-refractivity contribution in [3.8, 4) is 0 Å². The van der Waals surface area contributed by atoms with Crippen molar-refractivity contribution in [3.05, 3.63) is 48.0 Å². The fraction of sp³-hybridized carbons (Fsp3) is 0.389. The smallest absolute Gasteiger partial charge is 0.255 e. The Morgan fingerprint density at radius 2 is 1.81 bits per heavy atom.